The molecule has 3 atom stereocenters. The number of nitrogens with one attached hydrogen (secondary N) is 1. The first-order valence-electron chi connectivity index (χ1n) is 7.77. The number of hydrogen-bond acceptors (Lipinski definition) is 3. The van der Waals surface area contributed by atoms with Gasteiger partial charge in [0.15, 0.2) is 11.5 Å². The fourth-order valence-corrected chi connectivity index (χ4v) is 3.23. The third kappa shape index (κ3) is 3.66. The monoisotopic (exact) mass is 277 g/mol. The molecule has 1 aliphatic rings. The van der Waals surface area contributed by atoms with Gasteiger partial charge in [-0.05, 0) is 43.4 Å². The van der Waals surface area contributed by atoms with Crippen molar-refractivity contribution in [3.63, 3.8) is 0 Å². The standard InChI is InChI=1S/C17H27NO2/c1-4-13-6-5-7-15(10-13)18-12(2)14-8-9-16(19)17(11-14)20-3/h8-9,11-13,15,18-19H,4-7,10H2,1-3H3. The highest BCUT2D eigenvalue weighted by Crippen LogP contribution is 2.31. The second kappa shape index (κ2) is 6.98. The molecule has 0 aromatic heterocycles. The molecule has 112 valence electrons. The molecule has 2 rings (SSSR count). The Hall–Kier alpha value is -1.22. The molecular formula is C17H27NO2. The van der Waals surface area contributed by atoms with Crippen molar-refractivity contribution in [3.05, 3.63) is 23.8 Å². The highest BCUT2D eigenvalue weighted by molar-refractivity contribution is 5.42. The molecule has 0 spiro atoms. The molecule has 1 aliphatic carbocycles. The number of benzene rings is 1. The largest absolute Gasteiger partial charge is 0.504 e. The van der Waals surface area contributed by atoms with Crippen LogP contribution in [0.25, 0.3) is 0 Å². The van der Waals surface area contributed by atoms with Gasteiger partial charge in [-0.1, -0.05) is 32.3 Å². The summed E-state index contributed by atoms with van der Waals surface area (Å²) >= 11 is 0. The van der Waals surface area contributed by atoms with Gasteiger partial charge < -0.3 is 15.2 Å². The molecule has 3 heteroatoms. The normalized spacial score (nSPS) is 24.4. The number of ether oxygens (including phenoxy) is 1. The predicted octanol–water partition coefficient (Wildman–Crippen LogP) is 4.02. The molecule has 1 aromatic carbocycles. The molecule has 0 heterocycles. The number of methoxy groups -OCH3 is 1. The Labute approximate surface area is 122 Å². The first-order valence-corrected chi connectivity index (χ1v) is 7.77. The Morgan fingerprint density at radius 3 is 2.90 bits per heavy atom. The summed E-state index contributed by atoms with van der Waals surface area (Å²) in [6, 6.07) is 6.50. The quantitative estimate of drug-likeness (QED) is 0.854. The van der Waals surface area contributed by atoms with Crippen molar-refractivity contribution in [2.75, 3.05) is 7.11 Å². The third-order valence-corrected chi connectivity index (χ3v) is 4.55. The molecule has 1 saturated carbocycles. The van der Waals surface area contributed by atoms with Crippen molar-refractivity contribution in [1.82, 2.24) is 5.32 Å². The van der Waals surface area contributed by atoms with E-state index in [2.05, 4.69) is 19.2 Å². The van der Waals surface area contributed by atoms with Gasteiger partial charge in [0.1, 0.15) is 0 Å². The van der Waals surface area contributed by atoms with Crippen LogP contribution in [0.4, 0.5) is 0 Å². The first-order chi connectivity index (χ1) is 9.63. The summed E-state index contributed by atoms with van der Waals surface area (Å²) in [6.07, 6.45) is 6.57. The second-order valence-electron chi connectivity index (χ2n) is 5.96. The van der Waals surface area contributed by atoms with Crippen LogP contribution in [-0.4, -0.2) is 18.3 Å². The molecule has 0 amide bonds. The average molecular weight is 277 g/mol. The fraction of sp³-hybridized carbons (Fsp3) is 0.647. The van der Waals surface area contributed by atoms with E-state index in [-0.39, 0.29) is 11.8 Å². The van der Waals surface area contributed by atoms with Gasteiger partial charge in [-0.15, -0.1) is 0 Å². The zero-order valence-electron chi connectivity index (χ0n) is 12.9. The Morgan fingerprint density at radius 2 is 2.20 bits per heavy atom. The van der Waals surface area contributed by atoms with Crippen LogP contribution in [0.3, 0.4) is 0 Å². The molecule has 3 nitrogen and oxygen atoms in total. The maximum Gasteiger partial charge on any atom is 0.160 e. The summed E-state index contributed by atoms with van der Waals surface area (Å²) in [7, 11) is 1.59. The number of phenolic OH excluding ortho intramolecular Hbond substituents is 1. The molecule has 2 N–H and O–H groups in total. The summed E-state index contributed by atoms with van der Waals surface area (Å²) in [5.41, 5.74) is 1.17. The zero-order valence-corrected chi connectivity index (χ0v) is 12.9. The molecule has 3 unspecified atom stereocenters. The predicted molar refractivity (Wildman–Crippen MR) is 82.2 cm³/mol. The van der Waals surface area contributed by atoms with Crippen LogP contribution in [0.1, 0.15) is 57.6 Å². The SMILES string of the molecule is CCC1CCCC(NC(C)c2ccc(O)c(OC)c2)C1. The van der Waals surface area contributed by atoms with Crippen molar-refractivity contribution >= 4 is 0 Å². The second-order valence-corrected chi connectivity index (χ2v) is 5.96. The molecule has 0 aliphatic heterocycles. The molecule has 0 saturated heterocycles. The molecule has 0 bridgehead atoms. The lowest BCUT2D eigenvalue weighted by molar-refractivity contribution is 0.265. The van der Waals surface area contributed by atoms with Crippen LogP contribution in [0, 0.1) is 5.92 Å². The summed E-state index contributed by atoms with van der Waals surface area (Å²) in [5, 5.41) is 13.4. The number of rotatable bonds is 5. The summed E-state index contributed by atoms with van der Waals surface area (Å²) in [5.74, 6) is 1.63. The fourth-order valence-electron chi connectivity index (χ4n) is 3.23. The number of hydrogen-bond donors (Lipinski definition) is 2. The van der Waals surface area contributed by atoms with Crippen LogP contribution >= 0.6 is 0 Å². The van der Waals surface area contributed by atoms with Crippen molar-refractivity contribution in [2.24, 2.45) is 5.92 Å². The first kappa shape index (κ1) is 15.2. The van der Waals surface area contributed by atoms with Crippen molar-refractivity contribution in [2.45, 2.75) is 58.0 Å². The Kier molecular flexibility index (Phi) is 5.30. The maximum atomic E-state index is 9.66. The van der Waals surface area contributed by atoms with Gasteiger partial charge in [-0.25, -0.2) is 0 Å². The highest BCUT2D eigenvalue weighted by atomic mass is 16.5. The van der Waals surface area contributed by atoms with Crippen molar-refractivity contribution in [1.29, 1.82) is 0 Å². The van der Waals surface area contributed by atoms with E-state index in [9.17, 15) is 5.11 Å². The van der Waals surface area contributed by atoms with Gasteiger partial charge in [-0.2, -0.15) is 0 Å². The minimum absolute atomic E-state index is 0.201. The summed E-state index contributed by atoms with van der Waals surface area (Å²) in [4.78, 5) is 0. The van der Waals surface area contributed by atoms with E-state index in [4.69, 9.17) is 4.74 Å². The van der Waals surface area contributed by atoms with Crippen molar-refractivity contribution in [3.8, 4) is 11.5 Å². The lowest BCUT2D eigenvalue weighted by Crippen LogP contribution is -2.35. The minimum Gasteiger partial charge on any atom is -0.504 e. The number of aromatic hydroxyl groups is 1. The van der Waals surface area contributed by atoms with Gasteiger partial charge in [-0.3, -0.25) is 0 Å². The van der Waals surface area contributed by atoms with Crippen molar-refractivity contribution < 1.29 is 9.84 Å². The Morgan fingerprint density at radius 1 is 1.40 bits per heavy atom. The third-order valence-electron chi connectivity index (χ3n) is 4.55. The van der Waals surface area contributed by atoms with Gasteiger partial charge in [0.05, 0.1) is 7.11 Å². The highest BCUT2D eigenvalue weighted by Gasteiger charge is 2.22. The van der Waals surface area contributed by atoms with E-state index in [1.807, 2.05) is 12.1 Å². The van der Waals surface area contributed by atoms with Crippen LogP contribution < -0.4 is 10.1 Å². The van der Waals surface area contributed by atoms with E-state index in [1.165, 1.54) is 37.7 Å². The van der Waals surface area contributed by atoms with Crippen LogP contribution in [0.5, 0.6) is 11.5 Å². The van der Waals surface area contributed by atoms with Crippen LogP contribution in [-0.2, 0) is 0 Å². The zero-order chi connectivity index (χ0) is 14.5. The maximum absolute atomic E-state index is 9.66. The topological polar surface area (TPSA) is 41.5 Å². The lowest BCUT2D eigenvalue weighted by atomic mass is 9.84. The molecule has 1 fully saturated rings. The van der Waals surface area contributed by atoms with E-state index in [0.29, 0.717) is 11.8 Å². The summed E-state index contributed by atoms with van der Waals surface area (Å²) < 4.78 is 5.18. The summed E-state index contributed by atoms with van der Waals surface area (Å²) in [6.45, 7) is 4.47. The van der Waals surface area contributed by atoms with E-state index < -0.39 is 0 Å². The van der Waals surface area contributed by atoms with Crippen LogP contribution in [0.15, 0.2) is 18.2 Å². The molecule has 1 aromatic rings. The van der Waals surface area contributed by atoms with Gasteiger partial charge >= 0.3 is 0 Å². The molecular weight excluding hydrogens is 250 g/mol. The Bertz CT molecular complexity index is 433. The van der Waals surface area contributed by atoms with E-state index in [0.717, 1.165) is 5.92 Å². The van der Waals surface area contributed by atoms with E-state index in [1.54, 1.807) is 13.2 Å². The van der Waals surface area contributed by atoms with E-state index >= 15 is 0 Å². The smallest absolute Gasteiger partial charge is 0.160 e. The van der Waals surface area contributed by atoms with Gasteiger partial charge in [0.2, 0.25) is 0 Å². The van der Waals surface area contributed by atoms with Gasteiger partial charge in [0.25, 0.3) is 0 Å². The number of phenols is 1. The molecule has 0 radical (unpaired) electrons. The van der Waals surface area contributed by atoms with Gasteiger partial charge in [0, 0.05) is 12.1 Å². The lowest BCUT2D eigenvalue weighted by Gasteiger charge is -2.31. The molecule has 20 heavy (non-hydrogen) atoms. The van der Waals surface area contributed by atoms with Crippen LogP contribution in [0.2, 0.25) is 0 Å². The minimum atomic E-state index is 0.201. The Balaban J connectivity index is 1.99. The average Bonchev–Trinajstić information content (AvgIpc) is 2.47.